The third kappa shape index (κ3) is 2.69. The highest BCUT2D eigenvalue weighted by Gasteiger charge is 2.39. The lowest BCUT2D eigenvalue weighted by Gasteiger charge is -2.41. The molecule has 94 valence electrons. The van der Waals surface area contributed by atoms with E-state index in [2.05, 4.69) is 15.9 Å². The van der Waals surface area contributed by atoms with Crippen LogP contribution >= 0.6 is 15.9 Å². The molecule has 1 unspecified atom stereocenters. The van der Waals surface area contributed by atoms with Crippen LogP contribution in [-0.2, 0) is 4.74 Å². The molecule has 4 heteroatoms. The summed E-state index contributed by atoms with van der Waals surface area (Å²) < 4.78 is 18.9. The summed E-state index contributed by atoms with van der Waals surface area (Å²) in [7, 11) is 1.69. The van der Waals surface area contributed by atoms with Gasteiger partial charge in [0.05, 0.1) is 16.2 Å². The van der Waals surface area contributed by atoms with Crippen LogP contribution in [0.5, 0.6) is 0 Å². The van der Waals surface area contributed by atoms with Crippen LogP contribution in [0, 0.1) is 5.82 Å². The minimum atomic E-state index is -0.604. The SMILES string of the molecule is COC1(CC(O)c2ccc(F)c(Br)c2)CCC1. The van der Waals surface area contributed by atoms with E-state index in [1.807, 2.05) is 0 Å². The minimum Gasteiger partial charge on any atom is -0.388 e. The molecule has 1 saturated carbocycles. The number of halogens is 2. The van der Waals surface area contributed by atoms with E-state index in [9.17, 15) is 9.50 Å². The number of aliphatic hydroxyl groups is 1. The lowest BCUT2D eigenvalue weighted by molar-refractivity contribution is -0.0999. The van der Waals surface area contributed by atoms with E-state index in [0.29, 0.717) is 10.9 Å². The molecular formula is C13H16BrFO2. The third-order valence-electron chi connectivity index (χ3n) is 3.59. The standard InChI is InChI=1S/C13H16BrFO2/c1-17-13(5-2-6-13)8-12(16)9-3-4-11(15)10(14)7-9/h3-4,7,12,16H,2,5-6,8H2,1H3. The Morgan fingerprint density at radius 3 is 2.71 bits per heavy atom. The molecule has 1 aliphatic carbocycles. The number of benzene rings is 1. The second kappa shape index (κ2) is 5.04. The summed E-state index contributed by atoms with van der Waals surface area (Å²) in [5.41, 5.74) is 0.543. The summed E-state index contributed by atoms with van der Waals surface area (Å²) in [6.07, 6.45) is 3.09. The van der Waals surface area contributed by atoms with Gasteiger partial charge in [-0.05, 0) is 52.9 Å². The van der Waals surface area contributed by atoms with Crippen molar-refractivity contribution in [2.75, 3.05) is 7.11 Å². The van der Waals surface area contributed by atoms with Gasteiger partial charge in [0.2, 0.25) is 0 Å². The molecule has 1 aliphatic rings. The number of hydrogen-bond donors (Lipinski definition) is 1. The molecule has 2 rings (SSSR count). The van der Waals surface area contributed by atoms with Crippen LogP contribution in [0.25, 0.3) is 0 Å². The number of methoxy groups -OCH3 is 1. The van der Waals surface area contributed by atoms with Gasteiger partial charge in [0.25, 0.3) is 0 Å². The van der Waals surface area contributed by atoms with Gasteiger partial charge < -0.3 is 9.84 Å². The van der Waals surface area contributed by atoms with Crippen LogP contribution in [0.3, 0.4) is 0 Å². The first-order valence-corrected chi connectivity index (χ1v) is 6.54. The summed E-state index contributed by atoms with van der Waals surface area (Å²) >= 11 is 3.12. The van der Waals surface area contributed by atoms with Crippen LogP contribution in [0.15, 0.2) is 22.7 Å². The molecule has 2 nitrogen and oxygen atoms in total. The number of hydrogen-bond acceptors (Lipinski definition) is 2. The monoisotopic (exact) mass is 302 g/mol. The average Bonchev–Trinajstić information content (AvgIpc) is 2.27. The average molecular weight is 303 g/mol. The lowest BCUT2D eigenvalue weighted by Crippen LogP contribution is -2.40. The van der Waals surface area contributed by atoms with Crippen LogP contribution in [0.1, 0.15) is 37.4 Å². The molecule has 0 aromatic heterocycles. The fraction of sp³-hybridized carbons (Fsp3) is 0.538. The van der Waals surface area contributed by atoms with E-state index >= 15 is 0 Å². The smallest absolute Gasteiger partial charge is 0.137 e. The first kappa shape index (κ1) is 13.0. The van der Waals surface area contributed by atoms with Crippen molar-refractivity contribution in [1.29, 1.82) is 0 Å². The fourth-order valence-electron chi connectivity index (χ4n) is 2.25. The quantitative estimate of drug-likeness (QED) is 0.921. The normalized spacial score (nSPS) is 19.8. The van der Waals surface area contributed by atoms with Crippen LogP contribution in [0.4, 0.5) is 4.39 Å². The number of aliphatic hydroxyl groups excluding tert-OH is 1. The Bertz CT molecular complexity index is 399. The van der Waals surface area contributed by atoms with E-state index < -0.39 is 6.10 Å². The Morgan fingerprint density at radius 2 is 2.24 bits per heavy atom. The molecule has 17 heavy (non-hydrogen) atoms. The maximum atomic E-state index is 13.1. The molecular weight excluding hydrogens is 287 g/mol. The predicted octanol–water partition coefficient (Wildman–Crippen LogP) is 3.58. The highest BCUT2D eigenvalue weighted by Crippen LogP contribution is 2.42. The summed E-state index contributed by atoms with van der Waals surface area (Å²) in [5, 5.41) is 10.1. The molecule has 0 aliphatic heterocycles. The van der Waals surface area contributed by atoms with Crippen LogP contribution in [0.2, 0.25) is 0 Å². The number of ether oxygens (including phenoxy) is 1. The van der Waals surface area contributed by atoms with Gasteiger partial charge in [0.1, 0.15) is 5.82 Å². The van der Waals surface area contributed by atoms with Crippen molar-refractivity contribution in [2.24, 2.45) is 0 Å². The predicted molar refractivity (Wildman–Crippen MR) is 67.3 cm³/mol. The first-order chi connectivity index (χ1) is 8.06. The molecule has 0 spiro atoms. The molecule has 1 N–H and O–H groups in total. The van der Waals surface area contributed by atoms with Gasteiger partial charge in [0.15, 0.2) is 0 Å². The first-order valence-electron chi connectivity index (χ1n) is 5.74. The fourth-order valence-corrected chi connectivity index (χ4v) is 2.65. The molecule has 1 aromatic carbocycles. The summed E-state index contributed by atoms with van der Waals surface area (Å²) in [5.74, 6) is -0.314. The maximum Gasteiger partial charge on any atom is 0.137 e. The summed E-state index contributed by atoms with van der Waals surface area (Å²) in [6, 6.07) is 4.61. The van der Waals surface area contributed by atoms with Gasteiger partial charge >= 0.3 is 0 Å². The van der Waals surface area contributed by atoms with Crippen molar-refractivity contribution in [1.82, 2.24) is 0 Å². The zero-order valence-electron chi connectivity index (χ0n) is 9.75. The second-order valence-corrected chi connectivity index (χ2v) is 5.49. The van der Waals surface area contributed by atoms with Gasteiger partial charge in [0, 0.05) is 13.5 Å². The lowest BCUT2D eigenvalue weighted by atomic mass is 9.75. The third-order valence-corrected chi connectivity index (χ3v) is 4.20. The zero-order chi connectivity index (χ0) is 12.5. The largest absolute Gasteiger partial charge is 0.388 e. The molecule has 1 atom stereocenters. The van der Waals surface area contributed by atoms with Crippen molar-refractivity contribution >= 4 is 15.9 Å². The van der Waals surface area contributed by atoms with E-state index in [0.717, 1.165) is 24.8 Å². The van der Waals surface area contributed by atoms with Crippen molar-refractivity contribution < 1.29 is 14.2 Å². The van der Waals surface area contributed by atoms with Gasteiger partial charge in [-0.3, -0.25) is 0 Å². The molecule has 0 amide bonds. The van der Waals surface area contributed by atoms with Gasteiger partial charge in [-0.15, -0.1) is 0 Å². The maximum absolute atomic E-state index is 13.1. The van der Waals surface area contributed by atoms with Crippen LogP contribution in [-0.4, -0.2) is 17.8 Å². The topological polar surface area (TPSA) is 29.5 Å². The highest BCUT2D eigenvalue weighted by atomic mass is 79.9. The van der Waals surface area contributed by atoms with Crippen molar-refractivity contribution in [2.45, 2.75) is 37.4 Å². The molecule has 0 bridgehead atoms. The highest BCUT2D eigenvalue weighted by molar-refractivity contribution is 9.10. The molecule has 0 heterocycles. The van der Waals surface area contributed by atoms with Crippen LogP contribution < -0.4 is 0 Å². The Hall–Kier alpha value is -0.450. The summed E-state index contributed by atoms with van der Waals surface area (Å²) in [6.45, 7) is 0. The molecule has 1 aromatic rings. The number of rotatable bonds is 4. The van der Waals surface area contributed by atoms with Gasteiger partial charge in [-0.25, -0.2) is 4.39 Å². The molecule has 0 radical (unpaired) electrons. The van der Waals surface area contributed by atoms with E-state index in [4.69, 9.17) is 4.74 Å². The van der Waals surface area contributed by atoms with Crippen molar-refractivity contribution in [3.63, 3.8) is 0 Å². The Labute approximate surface area is 109 Å². The zero-order valence-corrected chi connectivity index (χ0v) is 11.3. The van der Waals surface area contributed by atoms with E-state index in [1.54, 1.807) is 19.2 Å². The van der Waals surface area contributed by atoms with Crippen molar-refractivity contribution in [3.05, 3.63) is 34.1 Å². The summed E-state index contributed by atoms with van der Waals surface area (Å²) in [4.78, 5) is 0. The van der Waals surface area contributed by atoms with Gasteiger partial charge in [-0.1, -0.05) is 6.07 Å². The molecule has 0 saturated heterocycles. The van der Waals surface area contributed by atoms with Gasteiger partial charge in [-0.2, -0.15) is 0 Å². The van der Waals surface area contributed by atoms with E-state index in [1.165, 1.54) is 6.07 Å². The molecule has 1 fully saturated rings. The van der Waals surface area contributed by atoms with E-state index in [-0.39, 0.29) is 11.4 Å². The Morgan fingerprint density at radius 1 is 1.53 bits per heavy atom. The van der Waals surface area contributed by atoms with Crippen molar-refractivity contribution in [3.8, 4) is 0 Å². The second-order valence-electron chi connectivity index (χ2n) is 4.63. The minimum absolute atomic E-state index is 0.180. The Kier molecular flexibility index (Phi) is 3.85. The Balaban J connectivity index is 2.08.